The molecule has 2 fully saturated rings. The zero-order valence-electron chi connectivity index (χ0n) is 12.3. The fourth-order valence-electron chi connectivity index (χ4n) is 3.00. The van der Waals surface area contributed by atoms with Crippen LogP contribution in [0.25, 0.3) is 0 Å². The molecule has 4 heteroatoms. The van der Waals surface area contributed by atoms with Crippen molar-refractivity contribution in [3.05, 3.63) is 12.2 Å². The maximum absolute atomic E-state index is 11.0. The molecule has 2 unspecified atom stereocenters. The molecule has 2 aliphatic rings. The first-order valence-electron chi connectivity index (χ1n) is 7.30. The van der Waals surface area contributed by atoms with Crippen LogP contribution < -0.4 is 5.32 Å². The normalized spacial score (nSPS) is 43.3. The van der Waals surface area contributed by atoms with Gasteiger partial charge >= 0.3 is 6.09 Å². The minimum Gasteiger partial charge on any atom is -0.447 e. The lowest BCUT2D eigenvalue weighted by atomic mass is 9.75. The van der Waals surface area contributed by atoms with E-state index < -0.39 is 0 Å². The Kier molecular flexibility index (Phi) is 4.50. The second-order valence-corrected chi connectivity index (χ2v) is 5.86. The van der Waals surface area contributed by atoms with Gasteiger partial charge in [-0.1, -0.05) is 39.8 Å². The van der Waals surface area contributed by atoms with Crippen molar-refractivity contribution in [3.8, 4) is 0 Å². The van der Waals surface area contributed by atoms with Gasteiger partial charge < -0.3 is 14.8 Å². The summed E-state index contributed by atoms with van der Waals surface area (Å²) in [5.41, 5.74) is 0. The van der Waals surface area contributed by atoms with Gasteiger partial charge in [-0.25, -0.2) is 4.79 Å². The highest BCUT2D eigenvalue weighted by atomic mass is 16.6. The summed E-state index contributed by atoms with van der Waals surface area (Å²) >= 11 is 0. The van der Waals surface area contributed by atoms with Crippen LogP contribution in [-0.4, -0.2) is 30.9 Å². The SMILES string of the molecule is CCC1O[C@@H](/C=C/[C@H]2COC(=O)N2)[C@H](C)[C@@H](C)C1C. The zero-order valence-corrected chi connectivity index (χ0v) is 12.3. The molecule has 2 heterocycles. The summed E-state index contributed by atoms with van der Waals surface area (Å²) < 4.78 is 11.0. The van der Waals surface area contributed by atoms with Crippen molar-refractivity contribution in [2.45, 2.75) is 52.4 Å². The van der Waals surface area contributed by atoms with E-state index >= 15 is 0 Å². The van der Waals surface area contributed by atoms with Crippen LogP contribution in [0.3, 0.4) is 0 Å². The molecule has 2 rings (SSSR count). The van der Waals surface area contributed by atoms with Crippen molar-refractivity contribution in [2.75, 3.05) is 6.61 Å². The number of carbonyl (C=O) groups excluding carboxylic acids is 1. The molecule has 6 atom stereocenters. The third kappa shape index (κ3) is 3.11. The van der Waals surface area contributed by atoms with Crippen LogP contribution in [-0.2, 0) is 9.47 Å². The van der Waals surface area contributed by atoms with Crippen LogP contribution in [0.4, 0.5) is 4.79 Å². The fraction of sp³-hybridized carbons (Fsp3) is 0.800. The van der Waals surface area contributed by atoms with Crippen LogP contribution in [0.1, 0.15) is 34.1 Å². The van der Waals surface area contributed by atoms with E-state index in [1.807, 2.05) is 6.08 Å². The molecule has 0 aromatic rings. The standard InChI is InChI=1S/C15H25NO3/c1-5-13-10(3)9(2)11(4)14(19-13)7-6-12-8-18-15(17)16-12/h6-7,9-14H,5,8H2,1-4H3,(H,16,17)/b7-6+/t9-,10?,11+,12-,13?,14-/m0/s1. The minimum atomic E-state index is -0.333. The van der Waals surface area contributed by atoms with Crippen LogP contribution in [0.5, 0.6) is 0 Å². The Morgan fingerprint density at radius 1 is 1.21 bits per heavy atom. The molecule has 108 valence electrons. The van der Waals surface area contributed by atoms with Crippen LogP contribution in [0, 0.1) is 17.8 Å². The van der Waals surface area contributed by atoms with Gasteiger partial charge in [0.1, 0.15) is 6.61 Å². The number of amides is 1. The van der Waals surface area contributed by atoms with Gasteiger partial charge in [-0.2, -0.15) is 0 Å². The van der Waals surface area contributed by atoms with Crippen molar-refractivity contribution in [1.29, 1.82) is 0 Å². The Labute approximate surface area is 115 Å². The summed E-state index contributed by atoms with van der Waals surface area (Å²) in [7, 11) is 0. The van der Waals surface area contributed by atoms with Gasteiger partial charge in [-0.15, -0.1) is 0 Å². The first-order valence-corrected chi connectivity index (χ1v) is 7.30. The number of alkyl carbamates (subject to hydrolysis) is 1. The highest BCUT2D eigenvalue weighted by Crippen LogP contribution is 2.36. The quantitative estimate of drug-likeness (QED) is 0.800. The zero-order chi connectivity index (χ0) is 14.0. The number of hydrogen-bond acceptors (Lipinski definition) is 3. The molecule has 0 bridgehead atoms. The molecule has 2 saturated heterocycles. The van der Waals surface area contributed by atoms with Crippen molar-refractivity contribution < 1.29 is 14.3 Å². The molecule has 1 amide bonds. The molecular formula is C15H25NO3. The van der Waals surface area contributed by atoms with E-state index in [1.165, 1.54) is 0 Å². The molecule has 0 spiro atoms. The van der Waals surface area contributed by atoms with E-state index in [0.29, 0.717) is 30.5 Å². The second kappa shape index (κ2) is 5.95. The first-order chi connectivity index (χ1) is 9.02. The summed E-state index contributed by atoms with van der Waals surface area (Å²) in [6.07, 6.45) is 5.27. The molecule has 4 nitrogen and oxygen atoms in total. The molecule has 0 aliphatic carbocycles. The number of hydrogen-bond donors (Lipinski definition) is 1. The van der Waals surface area contributed by atoms with Gasteiger partial charge in [0.25, 0.3) is 0 Å². The Bertz CT molecular complexity index is 353. The van der Waals surface area contributed by atoms with Gasteiger partial charge in [0.15, 0.2) is 0 Å². The topological polar surface area (TPSA) is 47.6 Å². The second-order valence-electron chi connectivity index (χ2n) is 5.86. The van der Waals surface area contributed by atoms with Crippen molar-refractivity contribution in [1.82, 2.24) is 5.32 Å². The first kappa shape index (κ1) is 14.4. The number of carbonyl (C=O) groups is 1. The number of rotatable bonds is 3. The van der Waals surface area contributed by atoms with Crippen LogP contribution >= 0.6 is 0 Å². The largest absolute Gasteiger partial charge is 0.447 e. The molecule has 0 aromatic heterocycles. The van der Waals surface area contributed by atoms with E-state index in [0.717, 1.165) is 6.42 Å². The predicted octanol–water partition coefficient (Wildman–Crippen LogP) is 2.74. The molecule has 0 radical (unpaired) electrons. The lowest BCUT2D eigenvalue weighted by Gasteiger charge is -2.42. The van der Waals surface area contributed by atoms with Gasteiger partial charge in [0.05, 0.1) is 18.2 Å². The highest BCUT2D eigenvalue weighted by molar-refractivity contribution is 5.70. The maximum atomic E-state index is 11.0. The average Bonchev–Trinajstić information content (AvgIpc) is 2.81. The molecule has 0 saturated carbocycles. The summed E-state index contributed by atoms with van der Waals surface area (Å²) in [6, 6.07) is -0.0157. The Morgan fingerprint density at radius 2 is 1.95 bits per heavy atom. The Balaban J connectivity index is 1.98. The Morgan fingerprint density at radius 3 is 2.53 bits per heavy atom. The molecule has 19 heavy (non-hydrogen) atoms. The van der Waals surface area contributed by atoms with Crippen LogP contribution in [0.2, 0.25) is 0 Å². The molecular weight excluding hydrogens is 242 g/mol. The highest BCUT2D eigenvalue weighted by Gasteiger charge is 2.37. The average molecular weight is 267 g/mol. The third-order valence-electron chi connectivity index (χ3n) is 4.73. The van der Waals surface area contributed by atoms with Gasteiger partial charge in [0.2, 0.25) is 0 Å². The summed E-state index contributed by atoms with van der Waals surface area (Å²) in [4.78, 5) is 11.0. The van der Waals surface area contributed by atoms with E-state index in [1.54, 1.807) is 0 Å². The van der Waals surface area contributed by atoms with E-state index in [2.05, 4.69) is 39.1 Å². The van der Waals surface area contributed by atoms with Crippen molar-refractivity contribution in [2.24, 2.45) is 17.8 Å². The summed E-state index contributed by atoms with van der Waals surface area (Å²) in [5.74, 6) is 1.73. The summed E-state index contributed by atoms with van der Waals surface area (Å²) in [6.45, 7) is 9.42. The molecule has 2 aliphatic heterocycles. The van der Waals surface area contributed by atoms with Gasteiger partial charge in [0, 0.05) is 0 Å². The van der Waals surface area contributed by atoms with Crippen LogP contribution in [0.15, 0.2) is 12.2 Å². The molecule has 1 N–H and O–H groups in total. The van der Waals surface area contributed by atoms with E-state index in [-0.39, 0.29) is 18.2 Å². The monoisotopic (exact) mass is 267 g/mol. The predicted molar refractivity (Wildman–Crippen MR) is 73.9 cm³/mol. The van der Waals surface area contributed by atoms with E-state index in [4.69, 9.17) is 9.47 Å². The third-order valence-corrected chi connectivity index (χ3v) is 4.73. The van der Waals surface area contributed by atoms with Gasteiger partial charge in [-0.05, 0) is 24.2 Å². The number of ether oxygens (including phenoxy) is 2. The van der Waals surface area contributed by atoms with Crippen molar-refractivity contribution in [3.63, 3.8) is 0 Å². The minimum absolute atomic E-state index is 0.0157. The lowest BCUT2D eigenvalue weighted by molar-refractivity contribution is -0.113. The molecule has 0 aromatic carbocycles. The smallest absolute Gasteiger partial charge is 0.407 e. The van der Waals surface area contributed by atoms with E-state index in [9.17, 15) is 4.79 Å². The number of nitrogens with one attached hydrogen (secondary N) is 1. The van der Waals surface area contributed by atoms with Gasteiger partial charge in [-0.3, -0.25) is 0 Å². The number of cyclic esters (lactones) is 1. The lowest BCUT2D eigenvalue weighted by Crippen LogP contribution is -2.43. The fourth-order valence-corrected chi connectivity index (χ4v) is 3.00. The Hall–Kier alpha value is -1.03. The summed E-state index contributed by atoms with van der Waals surface area (Å²) in [5, 5.41) is 2.75. The van der Waals surface area contributed by atoms with Crippen molar-refractivity contribution >= 4 is 6.09 Å². The maximum Gasteiger partial charge on any atom is 0.407 e.